The van der Waals surface area contributed by atoms with E-state index in [-0.39, 0.29) is 23.9 Å². The minimum Gasteiger partial charge on any atom is -0.349 e. The van der Waals surface area contributed by atoms with Crippen LogP contribution in [0.2, 0.25) is 0 Å². The van der Waals surface area contributed by atoms with Crippen LogP contribution in [0.5, 0.6) is 0 Å². The second kappa shape index (κ2) is 9.69. The lowest BCUT2D eigenvalue weighted by molar-refractivity contribution is -0.127. The van der Waals surface area contributed by atoms with Crippen molar-refractivity contribution in [1.82, 2.24) is 15.2 Å². The summed E-state index contributed by atoms with van der Waals surface area (Å²) in [5.41, 5.74) is 2.14. The normalized spacial score (nSPS) is 17.1. The van der Waals surface area contributed by atoms with Crippen molar-refractivity contribution in [1.29, 1.82) is 0 Å². The summed E-state index contributed by atoms with van der Waals surface area (Å²) in [5.74, 6) is -0.260. The van der Waals surface area contributed by atoms with E-state index in [2.05, 4.69) is 20.5 Å². The molecule has 2 N–H and O–H groups in total. The number of hydrogen-bond donors (Lipinski definition) is 2. The Hall–Kier alpha value is -3.40. The Morgan fingerprint density at radius 1 is 1.31 bits per heavy atom. The molecule has 0 aliphatic carbocycles. The summed E-state index contributed by atoms with van der Waals surface area (Å²) in [7, 11) is 0. The van der Waals surface area contributed by atoms with Crippen LogP contribution in [0.1, 0.15) is 37.8 Å². The second-order valence-electron chi connectivity index (χ2n) is 7.13. The summed E-state index contributed by atoms with van der Waals surface area (Å²) in [6, 6.07) is 10.3. The number of benzene rings is 1. The number of urea groups is 1. The van der Waals surface area contributed by atoms with E-state index < -0.39 is 0 Å². The van der Waals surface area contributed by atoms with Gasteiger partial charge >= 0.3 is 6.03 Å². The Morgan fingerprint density at radius 2 is 2.10 bits per heavy atom. The van der Waals surface area contributed by atoms with Gasteiger partial charge < -0.3 is 15.5 Å². The number of amides is 3. The molecule has 0 radical (unpaired) electrons. The number of nitrogens with one attached hydrogen (secondary N) is 2. The molecule has 0 spiro atoms. The molecule has 2 atom stereocenters. The lowest BCUT2D eigenvalue weighted by atomic mass is 9.96. The largest absolute Gasteiger partial charge is 0.349 e. The van der Waals surface area contributed by atoms with E-state index in [1.807, 2.05) is 19.1 Å². The third-order valence-corrected chi connectivity index (χ3v) is 5.14. The summed E-state index contributed by atoms with van der Waals surface area (Å²) in [6.45, 7) is 10.0. The van der Waals surface area contributed by atoms with Gasteiger partial charge in [-0.05, 0) is 43.0 Å². The van der Waals surface area contributed by atoms with E-state index in [0.29, 0.717) is 24.5 Å². The zero-order valence-corrected chi connectivity index (χ0v) is 16.5. The Kier molecular flexibility index (Phi) is 6.80. The molecule has 1 aromatic carbocycles. The fraction of sp³-hybridized carbons (Fsp3) is 0.364. The number of anilines is 1. The van der Waals surface area contributed by atoms with Gasteiger partial charge in [0.25, 0.3) is 0 Å². The van der Waals surface area contributed by atoms with Crippen LogP contribution in [0.25, 0.3) is 4.85 Å². The molecule has 150 valence electrons. The number of hydrogen-bond acceptors (Lipinski definition) is 3. The number of piperidine rings is 1. The third-order valence-electron chi connectivity index (χ3n) is 5.14. The van der Waals surface area contributed by atoms with Crippen LogP contribution in [-0.4, -0.2) is 34.9 Å². The number of rotatable bonds is 5. The van der Waals surface area contributed by atoms with Gasteiger partial charge in [0, 0.05) is 31.2 Å². The average molecular weight is 391 g/mol. The molecule has 3 rings (SSSR count). The van der Waals surface area contributed by atoms with Gasteiger partial charge in [0.15, 0.2) is 5.69 Å². The van der Waals surface area contributed by atoms with E-state index in [9.17, 15) is 9.59 Å². The van der Waals surface area contributed by atoms with E-state index in [1.165, 1.54) is 0 Å². The molecule has 1 aliphatic heterocycles. The van der Waals surface area contributed by atoms with Crippen LogP contribution in [0.15, 0.2) is 48.8 Å². The molecule has 0 saturated carbocycles. The molecular weight excluding hydrogens is 366 g/mol. The van der Waals surface area contributed by atoms with Gasteiger partial charge in [-0.1, -0.05) is 25.1 Å². The molecule has 2 unspecified atom stereocenters. The fourth-order valence-electron chi connectivity index (χ4n) is 3.49. The summed E-state index contributed by atoms with van der Waals surface area (Å²) in [5, 5.41) is 5.95. The molecule has 1 aromatic heterocycles. The quantitative estimate of drug-likeness (QED) is 0.752. The lowest BCUT2D eigenvalue weighted by Crippen LogP contribution is -2.47. The van der Waals surface area contributed by atoms with Gasteiger partial charge in [0.1, 0.15) is 0 Å². The molecule has 1 aliphatic rings. The number of likely N-dealkylation sites (tertiary alicyclic amines) is 1. The number of aromatic nitrogens is 1. The molecule has 1 fully saturated rings. The zero-order valence-electron chi connectivity index (χ0n) is 16.5. The average Bonchev–Trinajstić information content (AvgIpc) is 2.78. The van der Waals surface area contributed by atoms with E-state index in [1.54, 1.807) is 41.6 Å². The van der Waals surface area contributed by atoms with Crippen LogP contribution in [0, 0.1) is 12.5 Å². The third kappa shape index (κ3) is 5.32. The number of carbonyl (C=O) groups excluding carboxylic acids is 2. The van der Waals surface area contributed by atoms with E-state index in [4.69, 9.17) is 6.57 Å². The first-order chi connectivity index (χ1) is 14.1. The maximum absolute atomic E-state index is 12.8. The van der Waals surface area contributed by atoms with Crippen molar-refractivity contribution in [3.05, 3.63) is 65.8 Å². The molecule has 7 heteroatoms. The van der Waals surface area contributed by atoms with E-state index in [0.717, 1.165) is 24.8 Å². The predicted molar refractivity (Wildman–Crippen MR) is 111 cm³/mol. The first kappa shape index (κ1) is 20.3. The number of pyridine rings is 1. The highest BCUT2D eigenvalue weighted by atomic mass is 16.2. The highest BCUT2D eigenvalue weighted by Gasteiger charge is 2.29. The first-order valence-electron chi connectivity index (χ1n) is 9.84. The standard InChI is InChI=1S/C22H25N5O2/c1-3-20(16-6-4-12-24-14-16)26-21(28)17-7-5-13-27(15-17)22(29)25-19-10-8-18(23-2)9-11-19/h4,6,8-12,14,17,20H,3,5,7,13,15H2,1H3,(H,25,29)(H,26,28). The smallest absolute Gasteiger partial charge is 0.321 e. The van der Waals surface area contributed by atoms with E-state index >= 15 is 0 Å². The monoisotopic (exact) mass is 391 g/mol. The van der Waals surface area contributed by atoms with Crippen LogP contribution >= 0.6 is 0 Å². The first-order valence-corrected chi connectivity index (χ1v) is 9.84. The molecular formula is C22H25N5O2. The SMILES string of the molecule is [C-]#[N+]c1ccc(NC(=O)N2CCCC(C(=O)NC(CC)c3cccnc3)C2)cc1. The van der Waals surface area contributed by atoms with Gasteiger partial charge in [0.2, 0.25) is 5.91 Å². The molecule has 3 amide bonds. The van der Waals surface area contributed by atoms with Crippen molar-refractivity contribution in [3.8, 4) is 0 Å². The van der Waals surface area contributed by atoms with Crippen molar-refractivity contribution in [2.75, 3.05) is 18.4 Å². The van der Waals surface area contributed by atoms with Gasteiger partial charge in [-0.3, -0.25) is 9.78 Å². The van der Waals surface area contributed by atoms with Crippen molar-refractivity contribution in [3.63, 3.8) is 0 Å². The van der Waals surface area contributed by atoms with Crippen LogP contribution in [-0.2, 0) is 4.79 Å². The summed E-state index contributed by atoms with van der Waals surface area (Å²) in [4.78, 5) is 34.6. The van der Waals surface area contributed by atoms with Crippen LogP contribution in [0.4, 0.5) is 16.2 Å². The highest BCUT2D eigenvalue weighted by Crippen LogP contribution is 2.22. The number of carbonyl (C=O) groups is 2. The van der Waals surface area contributed by atoms with Crippen molar-refractivity contribution < 1.29 is 9.59 Å². The van der Waals surface area contributed by atoms with Gasteiger partial charge in [-0.25, -0.2) is 9.64 Å². The predicted octanol–water partition coefficient (Wildman–Crippen LogP) is 4.14. The van der Waals surface area contributed by atoms with Gasteiger partial charge in [-0.2, -0.15) is 0 Å². The Labute approximate surface area is 171 Å². The maximum atomic E-state index is 12.8. The van der Waals surface area contributed by atoms with Crippen LogP contribution in [0.3, 0.4) is 0 Å². The van der Waals surface area contributed by atoms with Crippen LogP contribution < -0.4 is 10.6 Å². The topological polar surface area (TPSA) is 78.7 Å². The maximum Gasteiger partial charge on any atom is 0.321 e. The van der Waals surface area contributed by atoms with Crippen molar-refractivity contribution in [2.45, 2.75) is 32.2 Å². The molecule has 1 saturated heterocycles. The second-order valence-corrected chi connectivity index (χ2v) is 7.13. The minimum absolute atomic E-state index is 0.0281. The Bertz CT molecular complexity index is 876. The highest BCUT2D eigenvalue weighted by molar-refractivity contribution is 5.90. The molecule has 7 nitrogen and oxygen atoms in total. The zero-order chi connectivity index (χ0) is 20.6. The lowest BCUT2D eigenvalue weighted by Gasteiger charge is -2.33. The van der Waals surface area contributed by atoms with Gasteiger partial charge in [-0.15, -0.1) is 0 Å². The molecule has 2 aromatic rings. The number of nitrogens with zero attached hydrogens (tertiary/aromatic N) is 3. The van der Waals surface area contributed by atoms with Gasteiger partial charge in [0.05, 0.1) is 18.5 Å². The summed E-state index contributed by atoms with van der Waals surface area (Å²) in [6.07, 6.45) is 5.80. The molecule has 0 bridgehead atoms. The molecule has 29 heavy (non-hydrogen) atoms. The summed E-state index contributed by atoms with van der Waals surface area (Å²) >= 11 is 0. The Morgan fingerprint density at radius 3 is 2.76 bits per heavy atom. The summed E-state index contributed by atoms with van der Waals surface area (Å²) < 4.78 is 0. The molecule has 2 heterocycles. The van der Waals surface area contributed by atoms with Crippen molar-refractivity contribution in [2.24, 2.45) is 5.92 Å². The van der Waals surface area contributed by atoms with Crippen molar-refractivity contribution >= 4 is 23.3 Å². The minimum atomic E-state index is -0.232. The Balaban J connectivity index is 1.58. The fourth-order valence-corrected chi connectivity index (χ4v) is 3.49.